The van der Waals surface area contributed by atoms with E-state index < -0.39 is 0 Å². The average molecular weight is 284 g/mol. The highest BCUT2D eigenvalue weighted by Gasteiger charge is 2.06. The summed E-state index contributed by atoms with van der Waals surface area (Å²) in [4.78, 5) is 22.4. The van der Waals surface area contributed by atoms with E-state index in [1.54, 1.807) is 36.4 Å². The fourth-order valence-corrected chi connectivity index (χ4v) is 1.79. The van der Waals surface area contributed by atoms with Crippen molar-refractivity contribution in [1.29, 1.82) is 0 Å². The third kappa shape index (κ3) is 4.18. The van der Waals surface area contributed by atoms with E-state index in [0.717, 1.165) is 11.8 Å². The smallest absolute Gasteiger partial charge is 0.338 e. The molecule has 108 valence electrons. The van der Waals surface area contributed by atoms with E-state index in [-0.39, 0.29) is 19.2 Å². The zero-order valence-corrected chi connectivity index (χ0v) is 11.7. The molecule has 0 amide bonds. The molecule has 0 radical (unpaired) electrons. The molecule has 0 saturated carbocycles. The van der Waals surface area contributed by atoms with Crippen LogP contribution in [0, 0.1) is 6.92 Å². The molecule has 4 heteroatoms. The molecule has 0 atom stereocenters. The molecule has 0 aliphatic heterocycles. The van der Waals surface area contributed by atoms with Gasteiger partial charge in [0.05, 0.1) is 5.56 Å². The molecule has 0 aliphatic carbocycles. The number of benzene rings is 2. The monoisotopic (exact) mass is 284 g/mol. The summed E-state index contributed by atoms with van der Waals surface area (Å²) in [5, 5.41) is 0. The minimum absolute atomic E-state index is 0.151. The molecule has 0 bridgehead atoms. The van der Waals surface area contributed by atoms with Crippen LogP contribution in [0.15, 0.2) is 48.5 Å². The fourth-order valence-electron chi connectivity index (χ4n) is 1.79. The van der Waals surface area contributed by atoms with E-state index in [1.807, 2.05) is 19.1 Å². The zero-order valence-electron chi connectivity index (χ0n) is 11.7. The summed E-state index contributed by atoms with van der Waals surface area (Å²) in [7, 11) is 0. The Labute approximate surface area is 123 Å². The van der Waals surface area contributed by atoms with Crippen molar-refractivity contribution in [3.05, 3.63) is 65.2 Å². The fraction of sp³-hybridized carbons (Fsp3) is 0.176. The van der Waals surface area contributed by atoms with E-state index >= 15 is 0 Å². The Balaban J connectivity index is 1.82. The van der Waals surface area contributed by atoms with E-state index in [9.17, 15) is 9.59 Å². The van der Waals surface area contributed by atoms with Gasteiger partial charge in [-0.3, -0.25) is 4.79 Å². The molecule has 2 aromatic carbocycles. The summed E-state index contributed by atoms with van der Waals surface area (Å²) < 4.78 is 10.6. The van der Waals surface area contributed by atoms with Crippen LogP contribution >= 0.6 is 0 Å². The summed E-state index contributed by atoms with van der Waals surface area (Å²) in [6, 6.07) is 14.0. The average Bonchev–Trinajstić information content (AvgIpc) is 2.53. The Hall–Kier alpha value is -2.62. The van der Waals surface area contributed by atoms with Gasteiger partial charge in [0.25, 0.3) is 0 Å². The van der Waals surface area contributed by atoms with Gasteiger partial charge in [-0.2, -0.15) is 0 Å². The third-order valence-corrected chi connectivity index (χ3v) is 2.93. The first-order valence-electron chi connectivity index (χ1n) is 6.61. The van der Waals surface area contributed by atoms with Crippen LogP contribution in [0.1, 0.15) is 26.3 Å². The number of esters is 1. The molecule has 4 nitrogen and oxygen atoms in total. The van der Waals surface area contributed by atoms with Gasteiger partial charge in [-0.15, -0.1) is 0 Å². The van der Waals surface area contributed by atoms with Gasteiger partial charge in [-0.05, 0) is 30.7 Å². The molecule has 2 rings (SSSR count). The largest absolute Gasteiger partial charge is 0.490 e. The Morgan fingerprint density at radius 2 is 1.86 bits per heavy atom. The minimum Gasteiger partial charge on any atom is -0.490 e. The van der Waals surface area contributed by atoms with Crippen LogP contribution in [0.5, 0.6) is 5.75 Å². The van der Waals surface area contributed by atoms with Crippen LogP contribution < -0.4 is 4.74 Å². The molecule has 0 heterocycles. The van der Waals surface area contributed by atoms with E-state index in [1.165, 1.54) is 0 Å². The van der Waals surface area contributed by atoms with E-state index in [4.69, 9.17) is 9.47 Å². The second kappa shape index (κ2) is 7.24. The second-order valence-electron chi connectivity index (χ2n) is 4.49. The standard InChI is InChI=1S/C17H16O4/c1-13-7-8-14(12-18)11-16(13)20-9-10-21-17(19)15-5-3-2-4-6-15/h2-8,11-12H,9-10H2,1H3. The maximum absolute atomic E-state index is 11.7. The summed E-state index contributed by atoms with van der Waals surface area (Å²) in [6.45, 7) is 2.28. The first-order valence-corrected chi connectivity index (χ1v) is 6.61. The lowest BCUT2D eigenvalue weighted by atomic mass is 10.1. The Kier molecular flexibility index (Phi) is 5.10. The highest BCUT2D eigenvalue weighted by molar-refractivity contribution is 5.89. The van der Waals surface area contributed by atoms with Crippen molar-refractivity contribution < 1.29 is 19.1 Å². The molecular formula is C17H16O4. The number of hydrogen-bond acceptors (Lipinski definition) is 4. The lowest BCUT2D eigenvalue weighted by molar-refractivity contribution is 0.0450. The predicted octanol–water partition coefficient (Wildman–Crippen LogP) is 3.04. The number of aryl methyl sites for hydroxylation is 1. The number of aldehydes is 1. The van der Waals surface area contributed by atoms with Gasteiger partial charge in [0.2, 0.25) is 0 Å². The van der Waals surface area contributed by atoms with Crippen LogP contribution in [-0.2, 0) is 4.74 Å². The first kappa shape index (κ1) is 14.8. The lowest BCUT2D eigenvalue weighted by Crippen LogP contribution is -2.12. The summed E-state index contributed by atoms with van der Waals surface area (Å²) in [5.41, 5.74) is 1.99. The van der Waals surface area contributed by atoms with Crippen LogP contribution in [0.25, 0.3) is 0 Å². The molecule has 0 saturated heterocycles. The van der Waals surface area contributed by atoms with Crippen molar-refractivity contribution in [3.8, 4) is 5.75 Å². The number of rotatable bonds is 6. The molecule has 0 unspecified atom stereocenters. The zero-order chi connectivity index (χ0) is 15.1. The highest BCUT2D eigenvalue weighted by Crippen LogP contribution is 2.18. The summed E-state index contributed by atoms with van der Waals surface area (Å²) in [5.74, 6) is 0.243. The molecule has 21 heavy (non-hydrogen) atoms. The van der Waals surface area contributed by atoms with Crippen molar-refractivity contribution in [3.63, 3.8) is 0 Å². The van der Waals surface area contributed by atoms with Crippen molar-refractivity contribution in [2.45, 2.75) is 6.92 Å². The number of carbonyl (C=O) groups is 2. The van der Waals surface area contributed by atoms with Crippen molar-refractivity contribution in [2.24, 2.45) is 0 Å². The molecular weight excluding hydrogens is 268 g/mol. The van der Waals surface area contributed by atoms with E-state index in [2.05, 4.69) is 0 Å². The van der Waals surface area contributed by atoms with Gasteiger partial charge in [-0.1, -0.05) is 30.3 Å². The van der Waals surface area contributed by atoms with Gasteiger partial charge in [0.1, 0.15) is 25.2 Å². The Bertz CT molecular complexity index is 620. The van der Waals surface area contributed by atoms with Crippen molar-refractivity contribution in [2.75, 3.05) is 13.2 Å². The minimum atomic E-state index is -0.377. The van der Waals surface area contributed by atoms with Gasteiger partial charge < -0.3 is 9.47 Å². The lowest BCUT2D eigenvalue weighted by Gasteiger charge is -2.10. The Morgan fingerprint density at radius 3 is 2.57 bits per heavy atom. The molecule has 0 N–H and O–H groups in total. The first-order chi connectivity index (χ1) is 10.2. The van der Waals surface area contributed by atoms with Crippen LogP contribution in [0.4, 0.5) is 0 Å². The maximum Gasteiger partial charge on any atom is 0.338 e. The number of hydrogen-bond donors (Lipinski definition) is 0. The van der Waals surface area contributed by atoms with E-state index in [0.29, 0.717) is 16.9 Å². The molecule has 0 aliphatic rings. The SMILES string of the molecule is Cc1ccc(C=O)cc1OCCOC(=O)c1ccccc1. The van der Waals surface area contributed by atoms with Gasteiger partial charge in [-0.25, -0.2) is 4.79 Å². The van der Waals surface area contributed by atoms with Gasteiger partial charge in [0.15, 0.2) is 0 Å². The van der Waals surface area contributed by atoms with Crippen molar-refractivity contribution >= 4 is 12.3 Å². The predicted molar refractivity (Wildman–Crippen MR) is 78.8 cm³/mol. The molecule has 2 aromatic rings. The third-order valence-electron chi connectivity index (χ3n) is 2.93. The van der Waals surface area contributed by atoms with Gasteiger partial charge in [0, 0.05) is 5.56 Å². The number of carbonyl (C=O) groups excluding carboxylic acids is 2. The van der Waals surface area contributed by atoms with Gasteiger partial charge >= 0.3 is 5.97 Å². The molecule has 0 spiro atoms. The van der Waals surface area contributed by atoms with Crippen molar-refractivity contribution in [1.82, 2.24) is 0 Å². The summed E-state index contributed by atoms with van der Waals surface area (Å²) >= 11 is 0. The second-order valence-corrected chi connectivity index (χ2v) is 4.49. The highest BCUT2D eigenvalue weighted by atomic mass is 16.6. The Morgan fingerprint density at radius 1 is 1.10 bits per heavy atom. The molecule has 0 fully saturated rings. The van der Waals surface area contributed by atoms with Crippen LogP contribution in [0.2, 0.25) is 0 Å². The topological polar surface area (TPSA) is 52.6 Å². The van der Waals surface area contributed by atoms with Crippen LogP contribution in [0.3, 0.4) is 0 Å². The molecule has 0 aromatic heterocycles. The summed E-state index contributed by atoms with van der Waals surface area (Å²) in [6.07, 6.45) is 0.766. The van der Waals surface area contributed by atoms with Crippen LogP contribution in [-0.4, -0.2) is 25.5 Å². The maximum atomic E-state index is 11.7. The number of ether oxygens (including phenoxy) is 2. The quantitative estimate of drug-likeness (QED) is 0.465. The normalized spacial score (nSPS) is 9.95.